The van der Waals surface area contributed by atoms with Crippen molar-refractivity contribution in [2.45, 2.75) is 24.8 Å². The third-order valence-electron chi connectivity index (χ3n) is 5.08. The molecule has 4 rings (SSSR count). The number of aromatic nitrogens is 2. The minimum absolute atomic E-state index is 0.0581. The van der Waals surface area contributed by atoms with Crippen molar-refractivity contribution >= 4 is 34.9 Å². The van der Waals surface area contributed by atoms with Gasteiger partial charge in [0.05, 0.1) is 12.2 Å². The third kappa shape index (κ3) is 4.64. The Morgan fingerprint density at radius 3 is 2.78 bits per heavy atom. The summed E-state index contributed by atoms with van der Waals surface area (Å²) in [7, 11) is 0. The summed E-state index contributed by atoms with van der Waals surface area (Å²) in [6, 6.07) is 9.76. The number of nitrogens with one attached hydrogen (secondary N) is 2. The standard InChI is InChI=1S/C22H20F3N5OS/c1-13-6-7-17(28-20(31)14-4-3-5-16(8-14)22(23,24)25)9-18(13)30-11-15-10-26-21(32-2)29-19(15)27-12-30/h3-10H,11-12H2,1-2H3,(H,28,31)(H,26,27,29). The molecule has 0 radical (unpaired) electrons. The molecule has 0 saturated carbocycles. The van der Waals surface area contributed by atoms with E-state index in [9.17, 15) is 18.0 Å². The first-order chi connectivity index (χ1) is 15.2. The average molecular weight is 459 g/mol. The van der Waals surface area contributed by atoms with Crippen molar-refractivity contribution in [2.75, 3.05) is 28.5 Å². The smallest absolute Gasteiger partial charge is 0.352 e. The molecule has 1 aliphatic heterocycles. The maximum absolute atomic E-state index is 13.0. The van der Waals surface area contributed by atoms with E-state index in [2.05, 4.69) is 25.5 Å². The summed E-state index contributed by atoms with van der Waals surface area (Å²) >= 11 is 1.47. The lowest BCUT2D eigenvalue weighted by Crippen LogP contribution is -2.34. The van der Waals surface area contributed by atoms with Crippen molar-refractivity contribution in [3.63, 3.8) is 0 Å². The van der Waals surface area contributed by atoms with Crippen molar-refractivity contribution in [3.05, 3.63) is 70.9 Å². The molecule has 0 fully saturated rings. The number of fused-ring (bicyclic) bond motifs is 1. The van der Waals surface area contributed by atoms with E-state index in [-0.39, 0.29) is 5.56 Å². The molecule has 0 aliphatic carbocycles. The molecule has 0 atom stereocenters. The largest absolute Gasteiger partial charge is 0.416 e. The first kappa shape index (κ1) is 21.9. The summed E-state index contributed by atoms with van der Waals surface area (Å²) in [4.78, 5) is 23.4. The Morgan fingerprint density at radius 1 is 1.22 bits per heavy atom. The van der Waals surface area contributed by atoms with Crippen molar-refractivity contribution in [2.24, 2.45) is 0 Å². The van der Waals surface area contributed by atoms with Crippen LogP contribution < -0.4 is 15.5 Å². The van der Waals surface area contributed by atoms with Crippen LogP contribution in [0.5, 0.6) is 0 Å². The van der Waals surface area contributed by atoms with Crippen LogP contribution >= 0.6 is 11.8 Å². The van der Waals surface area contributed by atoms with Gasteiger partial charge in [-0.2, -0.15) is 13.2 Å². The number of carbonyl (C=O) groups excluding carboxylic acids is 1. The second-order valence-electron chi connectivity index (χ2n) is 7.30. The summed E-state index contributed by atoms with van der Waals surface area (Å²) in [5, 5.41) is 6.68. The predicted octanol–water partition coefficient (Wildman–Crippen LogP) is 5.17. The van der Waals surface area contributed by atoms with Crippen LogP contribution in [0.25, 0.3) is 0 Å². The Kier molecular flexibility index (Phi) is 5.96. The van der Waals surface area contributed by atoms with Gasteiger partial charge in [0.1, 0.15) is 5.82 Å². The number of thioether (sulfide) groups is 1. The minimum atomic E-state index is -4.51. The van der Waals surface area contributed by atoms with Gasteiger partial charge in [0.2, 0.25) is 0 Å². The Morgan fingerprint density at radius 2 is 2.03 bits per heavy atom. The van der Waals surface area contributed by atoms with E-state index in [4.69, 9.17) is 0 Å². The summed E-state index contributed by atoms with van der Waals surface area (Å²) in [5.74, 6) is 0.193. The molecule has 0 unspecified atom stereocenters. The number of carbonyl (C=O) groups is 1. The number of anilines is 3. The number of alkyl halides is 3. The van der Waals surface area contributed by atoms with Crippen LogP contribution in [0.4, 0.5) is 30.4 Å². The zero-order chi connectivity index (χ0) is 22.9. The minimum Gasteiger partial charge on any atom is -0.352 e. The fourth-order valence-corrected chi connectivity index (χ4v) is 3.77. The number of halogens is 3. The highest BCUT2D eigenvalue weighted by Gasteiger charge is 2.31. The Bertz CT molecular complexity index is 1170. The van der Waals surface area contributed by atoms with Crippen LogP contribution in [0.1, 0.15) is 27.0 Å². The van der Waals surface area contributed by atoms with Gasteiger partial charge in [-0.25, -0.2) is 9.97 Å². The van der Waals surface area contributed by atoms with Gasteiger partial charge in [-0.15, -0.1) is 0 Å². The lowest BCUT2D eigenvalue weighted by molar-refractivity contribution is -0.137. The molecule has 32 heavy (non-hydrogen) atoms. The number of nitrogens with zero attached hydrogens (tertiary/aromatic N) is 3. The highest BCUT2D eigenvalue weighted by molar-refractivity contribution is 7.98. The van der Waals surface area contributed by atoms with Gasteiger partial charge in [-0.05, 0) is 49.1 Å². The topological polar surface area (TPSA) is 70.2 Å². The molecule has 2 heterocycles. The summed E-state index contributed by atoms with van der Waals surface area (Å²) in [5.41, 5.74) is 2.41. The number of rotatable bonds is 4. The van der Waals surface area contributed by atoms with Crippen molar-refractivity contribution in [3.8, 4) is 0 Å². The molecule has 2 aromatic carbocycles. The summed E-state index contributed by atoms with van der Waals surface area (Å²) in [6.45, 7) is 3.06. The van der Waals surface area contributed by atoms with Gasteiger partial charge >= 0.3 is 6.18 Å². The fraction of sp³-hybridized carbons (Fsp3) is 0.227. The molecular formula is C22H20F3N5OS. The number of hydrogen-bond acceptors (Lipinski definition) is 6. The van der Waals surface area contributed by atoms with Crippen LogP contribution in [0.3, 0.4) is 0 Å². The zero-order valence-electron chi connectivity index (χ0n) is 17.3. The van der Waals surface area contributed by atoms with Gasteiger partial charge in [-0.3, -0.25) is 4.79 Å². The van der Waals surface area contributed by atoms with E-state index in [1.165, 1.54) is 23.9 Å². The molecule has 0 spiro atoms. The molecule has 3 aromatic rings. The Labute approximate surface area is 187 Å². The fourth-order valence-electron chi connectivity index (χ4n) is 3.43. The predicted molar refractivity (Wildman–Crippen MR) is 119 cm³/mol. The van der Waals surface area contributed by atoms with E-state index in [0.717, 1.165) is 34.8 Å². The molecule has 1 amide bonds. The van der Waals surface area contributed by atoms with Crippen molar-refractivity contribution in [1.82, 2.24) is 9.97 Å². The Balaban J connectivity index is 1.54. The van der Waals surface area contributed by atoms with Crippen molar-refractivity contribution in [1.29, 1.82) is 0 Å². The third-order valence-corrected chi connectivity index (χ3v) is 5.65. The maximum atomic E-state index is 13.0. The van der Waals surface area contributed by atoms with Crippen LogP contribution in [0.2, 0.25) is 0 Å². The molecule has 2 N–H and O–H groups in total. The lowest BCUT2D eigenvalue weighted by atomic mass is 10.1. The second kappa shape index (κ2) is 8.70. The molecule has 6 nitrogen and oxygen atoms in total. The molecule has 166 valence electrons. The van der Waals surface area contributed by atoms with E-state index < -0.39 is 17.6 Å². The van der Waals surface area contributed by atoms with Crippen LogP contribution in [0.15, 0.2) is 53.8 Å². The molecule has 10 heteroatoms. The first-order valence-corrected chi connectivity index (χ1v) is 10.9. The first-order valence-electron chi connectivity index (χ1n) is 9.72. The quantitative estimate of drug-likeness (QED) is 0.415. The van der Waals surface area contributed by atoms with Gasteiger partial charge in [0.15, 0.2) is 5.16 Å². The number of benzene rings is 2. The monoisotopic (exact) mass is 459 g/mol. The second-order valence-corrected chi connectivity index (χ2v) is 8.07. The van der Waals surface area contributed by atoms with Crippen LogP contribution in [-0.2, 0) is 12.7 Å². The molecule has 1 aromatic heterocycles. The van der Waals surface area contributed by atoms with Crippen LogP contribution in [0, 0.1) is 6.92 Å². The maximum Gasteiger partial charge on any atom is 0.416 e. The molecule has 0 saturated heterocycles. The van der Waals surface area contributed by atoms with E-state index in [0.29, 0.717) is 24.1 Å². The number of amides is 1. The van der Waals surface area contributed by atoms with E-state index in [1.807, 2.05) is 25.3 Å². The normalized spacial score (nSPS) is 13.3. The van der Waals surface area contributed by atoms with Gasteiger partial charge in [0, 0.05) is 35.2 Å². The van der Waals surface area contributed by atoms with E-state index in [1.54, 1.807) is 12.3 Å². The highest BCUT2D eigenvalue weighted by Crippen LogP contribution is 2.31. The Hall–Kier alpha value is -3.27. The summed E-state index contributed by atoms with van der Waals surface area (Å²) in [6.07, 6.45) is -0.799. The zero-order valence-corrected chi connectivity index (χ0v) is 18.1. The van der Waals surface area contributed by atoms with Gasteiger partial charge in [0.25, 0.3) is 5.91 Å². The van der Waals surface area contributed by atoms with Crippen molar-refractivity contribution < 1.29 is 18.0 Å². The molecule has 0 bridgehead atoms. The highest BCUT2D eigenvalue weighted by atomic mass is 32.2. The lowest BCUT2D eigenvalue weighted by Gasteiger charge is -2.32. The number of aryl methyl sites for hydroxylation is 1. The SMILES string of the molecule is CSc1ncc2c(n1)NCN(c1cc(NC(=O)c3cccc(C(F)(F)F)c3)ccc1C)C2. The molecule has 1 aliphatic rings. The number of hydrogen-bond donors (Lipinski definition) is 2. The molecular weight excluding hydrogens is 439 g/mol. The summed E-state index contributed by atoms with van der Waals surface area (Å²) < 4.78 is 38.9. The van der Waals surface area contributed by atoms with Crippen LogP contribution in [-0.4, -0.2) is 28.8 Å². The van der Waals surface area contributed by atoms with Gasteiger partial charge in [-0.1, -0.05) is 23.9 Å². The average Bonchev–Trinajstić information content (AvgIpc) is 2.79. The van der Waals surface area contributed by atoms with Gasteiger partial charge < -0.3 is 15.5 Å². The van der Waals surface area contributed by atoms with E-state index >= 15 is 0 Å².